The summed E-state index contributed by atoms with van der Waals surface area (Å²) < 4.78 is 23.5. The quantitative estimate of drug-likeness (QED) is 0.708. The van der Waals surface area contributed by atoms with Crippen LogP contribution in [0.15, 0.2) is 34.9 Å². The van der Waals surface area contributed by atoms with E-state index >= 15 is 0 Å². The number of aromatic amines is 1. The lowest BCUT2D eigenvalue weighted by atomic mass is 10.2. The van der Waals surface area contributed by atoms with Crippen LogP contribution in [0.4, 0.5) is 4.39 Å². The standard InChI is InChI=1S/C18H17FN4O3/c19-11-4-6-12(7-5-11)25-10-17-21-16(9-26-17)18(24)20-8-15-13-2-1-3-14(13)22-23-15/h4-7,9H,1-3,8,10H2,(H,20,24)(H,22,23). The Balaban J connectivity index is 1.32. The van der Waals surface area contributed by atoms with Gasteiger partial charge in [0.25, 0.3) is 5.91 Å². The molecule has 0 radical (unpaired) electrons. The van der Waals surface area contributed by atoms with Crippen LogP contribution in [0, 0.1) is 5.82 Å². The van der Waals surface area contributed by atoms with E-state index < -0.39 is 0 Å². The Morgan fingerprint density at radius 2 is 2.15 bits per heavy atom. The molecule has 0 spiro atoms. The fourth-order valence-electron chi connectivity index (χ4n) is 2.95. The van der Waals surface area contributed by atoms with Crippen LogP contribution in [0.3, 0.4) is 0 Å². The smallest absolute Gasteiger partial charge is 0.273 e. The van der Waals surface area contributed by atoms with Crippen LogP contribution in [0.5, 0.6) is 5.75 Å². The van der Waals surface area contributed by atoms with Crippen LogP contribution >= 0.6 is 0 Å². The lowest BCUT2D eigenvalue weighted by Crippen LogP contribution is -2.24. The van der Waals surface area contributed by atoms with Gasteiger partial charge in [0.05, 0.1) is 12.2 Å². The van der Waals surface area contributed by atoms with E-state index in [1.807, 2.05) is 0 Å². The number of ether oxygens (including phenoxy) is 1. The molecule has 2 N–H and O–H groups in total. The summed E-state index contributed by atoms with van der Waals surface area (Å²) in [6.45, 7) is 0.394. The Hall–Kier alpha value is -3.16. The zero-order valence-corrected chi connectivity index (χ0v) is 13.9. The van der Waals surface area contributed by atoms with Crippen LogP contribution in [0.2, 0.25) is 0 Å². The third-order valence-corrected chi connectivity index (χ3v) is 4.27. The number of H-pyrrole nitrogens is 1. The van der Waals surface area contributed by atoms with Crippen LogP contribution < -0.4 is 10.1 Å². The second kappa shape index (κ2) is 6.99. The number of nitrogens with one attached hydrogen (secondary N) is 2. The van der Waals surface area contributed by atoms with Crippen molar-refractivity contribution in [1.82, 2.24) is 20.5 Å². The summed E-state index contributed by atoms with van der Waals surface area (Å²) in [6.07, 6.45) is 4.40. The summed E-state index contributed by atoms with van der Waals surface area (Å²) in [5.74, 6) is 0.0784. The number of nitrogens with zero attached hydrogens (tertiary/aromatic N) is 2. The average Bonchev–Trinajstić information content (AvgIpc) is 3.36. The van der Waals surface area contributed by atoms with E-state index in [1.165, 1.54) is 36.1 Å². The predicted octanol–water partition coefficient (Wildman–Crippen LogP) is 2.53. The van der Waals surface area contributed by atoms with Gasteiger partial charge in [0, 0.05) is 5.69 Å². The highest BCUT2D eigenvalue weighted by atomic mass is 19.1. The zero-order chi connectivity index (χ0) is 17.9. The molecule has 26 heavy (non-hydrogen) atoms. The molecular formula is C18H17FN4O3. The van der Waals surface area contributed by atoms with Crippen molar-refractivity contribution >= 4 is 5.91 Å². The van der Waals surface area contributed by atoms with E-state index in [2.05, 4.69) is 20.5 Å². The Morgan fingerprint density at radius 3 is 3.00 bits per heavy atom. The number of aryl methyl sites for hydroxylation is 1. The molecule has 0 saturated heterocycles. The largest absolute Gasteiger partial charge is 0.484 e. The molecule has 7 nitrogen and oxygen atoms in total. The molecule has 2 heterocycles. The molecular weight excluding hydrogens is 339 g/mol. The molecule has 4 rings (SSSR count). The molecule has 1 aromatic carbocycles. The van der Waals surface area contributed by atoms with E-state index in [9.17, 15) is 9.18 Å². The van der Waals surface area contributed by atoms with Crippen molar-refractivity contribution in [2.75, 3.05) is 0 Å². The lowest BCUT2D eigenvalue weighted by Gasteiger charge is -2.03. The van der Waals surface area contributed by atoms with Gasteiger partial charge in [-0.3, -0.25) is 9.89 Å². The molecule has 0 aliphatic heterocycles. The minimum Gasteiger partial charge on any atom is -0.484 e. The number of hydrogen-bond donors (Lipinski definition) is 2. The number of amides is 1. The van der Waals surface area contributed by atoms with Gasteiger partial charge in [0.15, 0.2) is 12.3 Å². The summed E-state index contributed by atoms with van der Waals surface area (Å²) in [5.41, 5.74) is 3.42. The van der Waals surface area contributed by atoms with Gasteiger partial charge in [-0.1, -0.05) is 0 Å². The first-order valence-corrected chi connectivity index (χ1v) is 8.35. The highest BCUT2D eigenvalue weighted by Crippen LogP contribution is 2.22. The first-order chi connectivity index (χ1) is 12.7. The van der Waals surface area contributed by atoms with Gasteiger partial charge in [-0.2, -0.15) is 5.10 Å². The molecule has 0 unspecified atom stereocenters. The van der Waals surface area contributed by atoms with Gasteiger partial charge in [-0.15, -0.1) is 0 Å². The Bertz CT molecular complexity index is 917. The fourth-order valence-corrected chi connectivity index (χ4v) is 2.95. The monoisotopic (exact) mass is 356 g/mol. The van der Waals surface area contributed by atoms with E-state index in [-0.39, 0.29) is 29.9 Å². The third-order valence-electron chi connectivity index (χ3n) is 4.27. The van der Waals surface area contributed by atoms with Gasteiger partial charge >= 0.3 is 0 Å². The number of carbonyl (C=O) groups excluding carboxylic acids is 1. The van der Waals surface area contributed by atoms with Crippen LogP contribution in [-0.2, 0) is 26.0 Å². The van der Waals surface area contributed by atoms with Gasteiger partial charge < -0.3 is 14.5 Å². The topological polar surface area (TPSA) is 93.0 Å². The van der Waals surface area contributed by atoms with Gasteiger partial charge in [0.2, 0.25) is 5.89 Å². The van der Waals surface area contributed by atoms with Gasteiger partial charge in [-0.25, -0.2) is 9.37 Å². The summed E-state index contributed by atoms with van der Waals surface area (Å²) in [5, 5.41) is 10.1. The molecule has 1 aliphatic carbocycles. The number of fused-ring (bicyclic) bond motifs is 1. The fraction of sp³-hybridized carbons (Fsp3) is 0.278. The van der Waals surface area contributed by atoms with Crippen molar-refractivity contribution in [3.8, 4) is 5.75 Å². The SMILES string of the molecule is O=C(NCc1n[nH]c2c1CCC2)c1coc(COc2ccc(F)cc2)n1. The average molecular weight is 356 g/mol. The number of hydrogen-bond acceptors (Lipinski definition) is 5. The van der Waals surface area contributed by atoms with E-state index in [0.29, 0.717) is 12.3 Å². The summed E-state index contributed by atoms with van der Waals surface area (Å²) in [4.78, 5) is 16.3. The van der Waals surface area contributed by atoms with Gasteiger partial charge in [0.1, 0.15) is 17.8 Å². The van der Waals surface area contributed by atoms with Crippen molar-refractivity contribution in [3.63, 3.8) is 0 Å². The van der Waals surface area contributed by atoms with E-state index in [1.54, 1.807) is 0 Å². The van der Waals surface area contributed by atoms with Crippen LogP contribution in [0.25, 0.3) is 0 Å². The predicted molar refractivity (Wildman–Crippen MR) is 89.0 cm³/mol. The highest BCUT2D eigenvalue weighted by Gasteiger charge is 2.19. The normalized spacial score (nSPS) is 12.8. The summed E-state index contributed by atoms with van der Waals surface area (Å²) in [7, 11) is 0. The van der Waals surface area contributed by atoms with Gasteiger partial charge in [-0.05, 0) is 49.1 Å². The van der Waals surface area contributed by atoms with Crippen LogP contribution in [0.1, 0.15) is 39.8 Å². The number of rotatable bonds is 6. The molecule has 3 aromatic rings. The molecule has 134 valence electrons. The number of aromatic nitrogens is 3. The van der Waals surface area contributed by atoms with Crippen molar-refractivity contribution in [2.24, 2.45) is 0 Å². The Morgan fingerprint density at radius 1 is 1.31 bits per heavy atom. The number of benzene rings is 1. The Kier molecular flexibility index (Phi) is 4.39. The van der Waals surface area contributed by atoms with Crippen molar-refractivity contribution in [2.45, 2.75) is 32.4 Å². The molecule has 0 atom stereocenters. The molecule has 0 bridgehead atoms. The summed E-state index contributed by atoms with van der Waals surface area (Å²) in [6, 6.07) is 5.62. The molecule has 2 aromatic heterocycles. The Labute approximate surface area is 148 Å². The molecule has 1 amide bonds. The maximum absolute atomic E-state index is 12.9. The maximum atomic E-state index is 12.9. The van der Waals surface area contributed by atoms with Crippen molar-refractivity contribution in [1.29, 1.82) is 0 Å². The number of carbonyl (C=O) groups is 1. The van der Waals surface area contributed by atoms with Crippen molar-refractivity contribution < 1.29 is 18.3 Å². The molecule has 0 fully saturated rings. The minimum absolute atomic E-state index is 0.0474. The molecule has 8 heteroatoms. The second-order valence-electron chi connectivity index (χ2n) is 6.03. The number of halogens is 1. The molecule has 1 aliphatic rings. The first-order valence-electron chi connectivity index (χ1n) is 8.35. The van der Waals surface area contributed by atoms with E-state index in [0.717, 1.165) is 30.7 Å². The molecule has 0 saturated carbocycles. The first kappa shape index (κ1) is 16.3. The maximum Gasteiger partial charge on any atom is 0.273 e. The second-order valence-corrected chi connectivity index (χ2v) is 6.03. The van der Waals surface area contributed by atoms with E-state index in [4.69, 9.17) is 9.15 Å². The highest BCUT2D eigenvalue weighted by molar-refractivity contribution is 5.91. The third kappa shape index (κ3) is 3.44. The minimum atomic E-state index is -0.338. The number of oxazole rings is 1. The van der Waals surface area contributed by atoms with Crippen LogP contribution in [-0.4, -0.2) is 21.1 Å². The summed E-state index contributed by atoms with van der Waals surface area (Å²) >= 11 is 0. The zero-order valence-electron chi connectivity index (χ0n) is 13.9. The van der Waals surface area contributed by atoms with Crippen molar-refractivity contribution in [3.05, 3.63) is 64.9 Å². The lowest BCUT2D eigenvalue weighted by molar-refractivity contribution is 0.0945.